The number of methoxy groups -OCH3 is 1. The normalized spacial score (nSPS) is 25.2. The molecule has 5 amide bonds. The number of ether oxygens (including phenoxy) is 2. The fourth-order valence-corrected chi connectivity index (χ4v) is 21.3. The number of aromatic amines is 2. The first kappa shape index (κ1) is 89.0. The monoisotopic (exact) mass is 1690 g/mol. The maximum Gasteiger partial charge on any atom is 0.426 e. The maximum atomic E-state index is 15.2. The smallest absolute Gasteiger partial charge is 0.426 e. The molecule has 15 atom stereocenters. The number of carbonyl (C=O) groups is 9. The number of hydrazine groups is 1. The van der Waals surface area contributed by atoms with Gasteiger partial charge in [0, 0.05) is 156 Å². The highest BCUT2D eigenvalue weighted by molar-refractivity contribution is 8.76. The molecule has 3 fully saturated rings. The van der Waals surface area contributed by atoms with Gasteiger partial charge in [-0.15, -0.1) is 0 Å². The van der Waals surface area contributed by atoms with Crippen molar-refractivity contribution in [2.45, 2.75) is 196 Å². The molecule has 6 aliphatic rings. The molecule has 8 heterocycles. The van der Waals surface area contributed by atoms with Crippen molar-refractivity contribution in [2.24, 2.45) is 28.9 Å². The Morgan fingerprint density at radius 2 is 1.57 bits per heavy atom. The van der Waals surface area contributed by atoms with Crippen molar-refractivity contribution < 1.29 is 73.1 Å². The van der Waals surface area contributed by atoms with Crippen molar-refractivity contribution >= 4 is 120 Å². The number of aliphatic carboxylic acids is 1. The number of guanidine groups is 1. The summed E-state index contributed by atoms with van der Waals surface area (Å²) in [7, 11) is 6.33. The predicted molar refractivity (Wildman–Crippen MR) is 455 cm³/mol. The Morgan fingerprint density at radius 1 is 0.833 bits per heavy atom. The van der Waals surface area contributed by atoms with E-state index in [9.17, 15) is 63.6 Å². The summed E-state index contributed by atoms with van der Waals surface area (Å²) in [4.78, 5) is 159. The van der Waals surface area contributed by atoms with Gasteiger partial charge >= 0.3 is 12.1 Å². The maximum absolute atomic E-state index is 15.2. The number of para-hydroxylation sites is 1. The van der Waals surface area contributed by atoms with Crippen LogP contribution in [0.4, 0.5) is 22.1 Å². The number of fused-ring (bicyclic) bond motifs is 7. The summed E-state index contributed by atoms with van der Waals surface area (Å²) in [5, 5.41) is 70.9. The van der Waals surface area contributed by atoms with E-state index >= 15 is 4.79 Å². The molecule has 12 rings (SSSR count). The van der Waals surface area contributed by atoms with E-state index in [1.165, 1.54) is 59.3 Å². The van der Waals surface area contributed by atoms with E-state index in [-0.39, 0.29) is 111 Å². The van der Waals surface area contributed by atoms with Crippen LogP contribution in [0.3, 0.4) is 0 Å². The first-order valence-corrected chi connectivity index (χ1v) is 43.6. The van der Waals surface area contributed by atoms with Gasteiger partial charge in [-0.05, 0) is 138 Å². The molecular weight excluding hydrogens is 1580 g/mol. The number of aliphatic hydroxyl groups is 3. The minimum absolute atomic E-state index is 0.00513. The highest BCUT2D eigenvalue weighted by Crippen LogP contribution is 2.68. The Morgan fingerprint density at radius 3 is 2.31 bits per heavy atom. The number of H-pyrrole nitrogens is 2. The van der Waals surface area contributed by atoms with E-state index in [2.05, 4.69) is 110 Å². The van der Waals surface area contributed by atoms with Crippen molar-refractivity contribution in [3.63, 3.8) is 0 Å². The number of Topliss-reactive ketones (excluding diaryl/α,β-unsaturated/α-hetero) is 3. The first-order valence-electron chi connectivity index (χ1n) is 41.2. The summed E-state index contributed by atoms with van der Waals surface area (Å²) in [5.74, 6) is -6.35. The molecule has 5 aliphatic heterocycles. The number of hydrogen-bond acceptors (Lipinski definition) is 26. The number of hydrogen-bond donors (Lipinski definition) is 16. The number of rotatable bonds is 36. The molecule has 36 heteroatoms. The highest BCUT2D eigenvalue weighted by Gasteiger charge is 2.79. The minimum atomic E-state index is -2.52. The van der Waals surface area contributed by atoms with Gasteiger partial charge in [0.1, 0.15) is 30.3 Å². The average Bonchev–Trinajstić information content (AvgIpc) is 1.47. The lowest BCUT2D eigenvalue weighted by molar-refractivity contribution is -0.204. The predicted octanol–water partition coefficient (Wildman–Crippen LogP) is 4.91. The Kier molecular flexibility index (Phi) is 27.7. The van der Waals surface area contributed by atoms with Crippen molar-refractivity contribution in [1.29, 1.82) is 5.41 Å². The molecule has 1 aliphatic carbocycles. The van der Waals surface area contributed by atoms with Gasteiger partial charge in [0.05, 0.1) is 49.3 Å². The number of nitrogens with zero attached hydrogens (tertiary/aromatic N) is 6. The number of piperidine rings is 1. The van der Waals surface area contributed by atoms with Crippen LogP contribution in [0.25, 0.3) is 22.1 Å². The standard InChI is InChI=1S/C84H112N18O16S2/c1-9-81(115)41-49-40-80(6,66-55(26-31-101(44-49)45-81)54-16-11-12-17-58(54)93-66)57-38-56-61(39-64(57)117-8)100(7)74-83(56)28-32-102-30-15-27-82(10-2,73(83)102)75(112)84(74,116)76(113)98-99-79(114)118-33-35-120-119-34-14-19-62(104)48(5)91-68(106)47(4)37-63(105)59(18-13-29-88-77(85)86)94-69(107)46(3)36-53(103)24-25-60(72(110)111)95-70(108)50-20-22-51(23-21-50)89-42-52-43-90-67-65(92-52)71(109)97-78(87)96-67/h11-12,15-17,20-23,27,38-39,43,46-49,59-60,73-75,89,93,112,115-116H,9-10,13-14,18-19,24-26,28-37,40-42,44-45H2,1-8H3,(H,91,106)(H,94,107)(H,95,108)(H,98,113)(H,99,114)(H,110,111)(H4,85,86,88)(H3,87,90,96,97,109)/t46-,47-,48+,49?,59+,60+,73+,74-,75-,80-,81?,82-,83-,84-/m1/s1. The third kappa shape index (κ3) is 18.5. The number of carboxylic acid groups (broad SMARTS) is 1. The number of anilines is 3. The van der Waals surface area contributed by atoms with Crippen LogP contribution in [0.1, 0.15) is 163 Å². The lowest BCUT2D eigenvalue weighted by Crippen LogP contribution is -2.82. The Labute approximate surface area is 703 Å². The van der Waals surface area contributed by atoms with Gasteiger partial charge < -0.3 is 77.8 Å². The van der Waals surface area contributed by atoms with Crippen LogP contribution in [0, 0.1) is 28.6 Å². The summed E-state index contributed by atoms with van der Waals surface area (Å²) in [5.41, 5.74) is 16.4. The molecule has 3 aromatic heterocycles. The van der Waals surface area contributed by atoms with Gasteiger partial charge in [-0.3, -0.25) is 64.0 Å². The van der Waals surface area contributed by atoms with Crippen molar-refractivity contribution in [3.05, 3.63) is 123 Å². The molecule has 1 saturated carbocycles. The molecule has 34 nitrogen and oxygen atoms in total. The second-order valence-electron chi connectivity index (χ2n) is 33.3. The van der Waals surface area contributed by atoms with Crippen LogP contribution in [-0.4, -0.2) is 233 Å². The van der Waals surface area contributed by atoms with Gasteiger partial charge in [0.2, 0.25) is 17.8 Å². The number of aromatic nitrogens is 5. The van der Waals surface area contributed by atoms with E-state index in [4.69, 9.17) is 26.4 Å². The molecular formula is C84H112N18O16S2. The molecule has 120 heavy (non-hydrogen) atoms. The van der Waals surface area contributed by atoms with Gasteiger partial charge in [-0.1, -0.05) is 79.6 Å². The van der Waals surface area contributed by atoms with Crippen LogP contribution >= 0.6 is 21.6 Å². The largest absolute Gasteiger partial charge is 0.496 e. The van der Waals surface area contributed by atoms with E-state index < -0.39 is 122 Å². The third-order valence-electron chi connectivity index (χ3n) is 25.3. The topological polar surface area (TPSA) is 510 Å². The lowest BCUT2D eigenvalue weighted by Gasteiger charge is -2.63. The fraction of sp³-hybridized carbons (Fsp3) is 0.548. The van der Waals surface area contributed by atoms with E-state index in [0.29, 0.717) is 86.8 Å². The Bertz CT molecular complexity index is 4980. The van der Waals surface area contributed by atoms with Gasteiger partial charge in [0.25, 0.3) is 17.4 Å². The average molecular weight is 1690 g/mol. The number of benzene rings is 3. The van der Waals surface area contributed by atoms with Crippen LogP contribution in [0.15, 0.2) is 83.8 Å². The number of nitrogens with two attached hydrogens (primary N) is 2. The van der Waals surface area contributed by atoms with E-state index in [0.717, 1.165) is 52.9 Å². The van der Waals surface area contributed by atoms with Gasteiger partial charge in [0.15, 0.2) is 34.3 Å². The Balaban J connectivity index is 0.586. The van der Waals surface area contributed by atoms with E-state index in [1.807, 2.05) is 43.2 Å². The zero-order chi connectivity index (χ0) is 86.3. The number of likely N-dealkylation sites (N-methyl/N-ethyl adjacent to an activating group) is 1. The van der Waals surface area contributed by atoms with Crippen LogP contribution in [0.2, 0.25) is 0 Å². The van der Waals surface area contributed by atoms with Crippen molar-refractivity contribution in [2.75, 3.05) is 87.5 Å². The van der Waals surface area contributed by atoms with Gasteiger partial charge in [-0.25, -0.2) is 25.0 Å². The Hall–Kier alpha value is -10.2. The molecule has 2 bridgehead atoms. The summed E-state index contributed by atoms with van der Waals surface area (Å²) in [6.07, 6.45) is 6.04. The number of ketones is 3. The number of carbonyl (C=O) groups excluding carboxylic acids is 8. The van der Waals surface area contributed by atoms with E-state index in [1.54, 1.807) is 26.2 Å². The molecule has 2 saturated heterocycles. The SMILES string of the molecule is CCC1(O)CC2CN(CCc3c([nH]c4ccccc34)[C@@](C)(c3cc4c(cc3OC)N(C)[C@H]3[C@](O)(C(=O)NNC(=O)OCCSSCCCC(=O)[C@H](C)NC(=O)[C@H](C)CC(=O)[C@H](CCCNC(=N)N)NC(=O)[C@H](C)CC(=O)CC[C@H](NC(=O)c5ccc(NCc6cnc7nc(N)[nH]c(=O)c7n6)cc5)C(=O)O)[C@H](O)[C@]5(CC)C=CCN6CC[C@]43[C@@H]65)C2)C1. The van der Waals surface area contributed by atoms with Crippen LogP contribution in [0.5, 0.6) is 5.75 Å². The van der Waals surface area contributed by atoms with Crippen molar-refractivity contribution in [3.8, 4) is 5.75 Å². The number of carboxylic acids is 1. The quantitative estimate of drug-likeness (QED) is 0.00620. The lowest BCUT2D eigenvalue weighted by atomic mass is 9.47. The molecule has 1 spiro atoms. The summed E-state index contributed by atoms with van der Waals surface area (Å²) < 4.78 is 12.0. The molecule has 3 aromatic carbocycles. The highest BCUT2D eigenvalue weighted by atomic mass is 33.1. The van der Waals surface area contributed by atoms with Gasteiger partial charge in [-0.2, -0.15) is 4.98 Å². The second-order valence-corrected chi connectivity index (χ2v) is 36.0. The first-order chi connectivity index (χ1) is 57.2. The minimum Gasteiger partial charge on any atom is -0.496 e. The molecule has 3 unspecified atom stereocenters. The number of aliphatic hydroxyl groups excluding tert-OH is 1. The molecule has 18 N–H and O–H groups in total. The zero-order valence-electron chi connectivity index (χ0n) is 69.0. The van der Waals surface area contributed by atoms with Crippen LogP contribution < -0.4 is 64.1 Å². The summed E-state index contributed by atoms with van der Waals surface area (Å²) in [6.45, 7) is 14.6. The number of nitrogen functional groups attached to an aromatic ring is 1. The summed E-state index contributed by atoms with van der Waals surface area (Å²) >= 11 is 0. The fourth-order valence-electron chi connectivity index (χ4n) is 19.4. The number of nitrogens with one attached hydrogen (secondary N) is 10. The van der Waals surface area contributed by atoms with Crippen LogP contribution in [-0.2, 0) is 62.1 Å². The zero-order valence-corrected chi connectivity index (χ0v) is 70.6. The molecule has 0 radical (unpaired) electrons. The second kappa shape index (κ2) is 37.4. The summed E-state index contributed by atoms with van der Waals surface area (Å²) in [6, 6.07) is 13.9. The molecule has 6 aromatic rings. The number of amides is 5. The third-order valence-corrected chi connectivity index (χ3v) is 27.8. The molecule has 646 valence electrons. The van der Waals surface area contributed by atoms with Crippen molar-refractivity contribution in [1.82, 2.24) is 66.8 Å².